The van der Waals surface area contributed by atoms with Crippen LogP contribution in [0.2, 0.25) is 5.02 Å². The number of hydrogen-bond donors (Lipinski definition) is 2. The first-order valence-electron chi connectivity index (χ1n) is 8.94. The minimum absolute atomic E-state index is 0.165. The molecule has 0 aliphatic heterocycles. The van der Waals surface area contributed by atoms with Gasteiger partial charge in [0.05, 0.1) is 18.7 Å². The standard InChI is InChI=1S/C21H22BrClN2O4/c1-3-29-21-17(23)12-14(13-18(21)28-2)4-9-19(26)24-11-10-20(27)25-16-7-5-15(22)6-8-16/h4-9,12-13H,3,10-11H2,1-2H3,(H,24,26)(H,25,27)/b9-4+. The zero-order valence-electron chi connectivity index (χ0n) is 16.1. The highest BCUT2D eigenvalue weighted by Gasteiger charge is 2.11. The molecule has 0 fully saturated rings. The Morgan fingerprint density at radius 2 is 1.93 bits per heavy atom. The fourth-order valence-electron chi connectivity index (χ4n) is 2.41. The van der Waals surface area contributed by atoms with Crippen molar-refractivity contribution in [2.45, 2.75) is 13.3 Å². The van der Waals surface area contributed by atoms with E-state index >= 15 is 0 Å². The van der Waals surface area contributed by atoms with E-state index in [2.05, 4.69) is 26.6 Å². The normalized spacial score (nSPS) is 10.6. The highest BCUT2D eigenvalue weighted by atomic mass is 79.9. The zero-order valence-corrected chi connectivity index (χ0v) is 18.5. The van der Waals surface area contributed by atoms with Gasteiger partial charge in [-0.2, -0.15) is 0 Å². The summed E-state index contributed by atoms with van der Waals surface area (Å²) in [6.07, 6.45) is 3.15. The first kappa shape index (κ1) is 22.8. The number of carbonyl (C=O) groups is 2. The van der Waals surface area contributed by atoms with E-state index in [-0.39, 0.29) is 24.8 Å². The Bertz CT molecular complexity index is 885. The maximum atomic E-state index is 12.0. The van der Waals surface area contributed by atoms with E-state index in [1.165, 1.54) is 13.2 Å². The Morgan fingerprint density at radius 1 is 1.21 bits per heavy atom. The van der Waals surface area contributed by atoms with Crippen LogP contribution < -0.4 is 20.1 Å². The number of halogens is 2. The molecule has 0 aliphatic rings. The fourth-order valence-corrected chi connectivity index (χ4v) is 2.95. The van der Waals surface area contributed by atoms with Crippen LogP contribution in [0, 0.1) is 0 Å². The molecule has 2 amide bonds. The topological polar surface area (TPSA) is 76.7 Å². The van der Waals surface area contributed by atoms with E-state index in [0.29, 0.717) is 34.4 Å². The van der Waals surface area contributed by atoms with Crippen molar-refractivity contribution >= 4 is 51.1 Å². The summed E-state index contributed by atoms with van der Waals surface area (Å²) in [5, 5.41) is 5.84. The van der Waals surface area contributed by atoms with Gasteiger partial charge >= 0.3 is 0 Å². The zero-order chi connectivity index (χ0) is 21.2. The molecule has 29 heavy (non-hydrogen) atoms. The van der Waals surface area contributed by atoms with Gasteiger partial charge in [0.15, 0.2) is 11.5 Å². The molecule has 2 aromatic carbocycles. The van der Waals surface area contributed by atoms with E-state index in [0.717, 1.165) is 4.47 Å². The molecule has 0 atom stereocenters. The van der Waals surface area contributed by atoms with Gasteiger partial charge in [-0.3, -0.25) is 9.59 Å². The molecule has 2 N–H and O–H groups in total. The number of carbonyl (C=O) groups excluding carboxylic acids is 2. The van der Waals surface area contributed by atoms with Crippen LogP contribution in [0.1, 0.15) is 18.9 Å². The van der Waals surface area contributed by atoms with Crippen molar-refractivity contribution in [2.24, 2.45) is 0 Å². The Labute approximate surface area is 183 Å². The summed E-state index contributed by atoms with van der Waals surface area (Å²) in [4.78, 5) is 23.9. The van der Waals surface area contributed by atoms with Gasteiger partial charge in [-0.25, -0.2) is 0 Å². The molecule has 0 unspecified atom stereocenters. The smallest absolute Gasteiger partial charge is 0.244 e. The third-order valence-corrected chi connectivity index (χ3v) is 4.56. The highest BCUT2D eigenvalue weighted by molar-refractivity contribution is 9.10. The molecule has 0 spiro atoms. The van der Waals surface area contributed by atoms with Gasteiger partial charge in [0.25, 0.3) is 0 Å². The molecule has 0 radical (unpaired) electrons. The molecule has 6 nitrogen and oxygen atoms in total. The van der Waals surface area contributed by atoms with Gasteiger partial charge < -0.3 is 20.1 Å². The summed E-state index contributed by atoms with van der Waals surface area (Å²) >= 11 is 9.55. The molecule has 0 heterocycles. The van der Waals surface area contributed by atoms with E-state index < -0.39 is 0 Å². The fraction of sp³-hybridized carbons (Fsp3) is 0.238. The molecule has 154 valence electrons. The summed E-state index contributed by atoms with van der Waals surface area (Å²) in [6, 6.07) is 10.7. The molecular weight excluding hydrogens is 460 g/mol. The second-order valence-electron chi connectivity index (χ2n) is 5.90. The van der Waals surface area contributed by atoms with Crippen molar-refractivity contribution in [3.05, 3.63) is 57.5 Å². The first-order chi connectivity index (χ1) is 13.9. The maximum absolute atomic E-state index is 12.0. The molecule has 0 saturated heterocycles. The van der Waals surface area contributed by atoms with Crippen molar-refractivity contribution in [2.75, 3.05) is 25.6 Å². The van der Waals surface area contributed by atoms with Gasteiger partial charge in [-0.05, 0) is 55.0 Å². The molecule has 2 rings (SSSR count). The van der Waals surface area contributed by atoms with E-state index in [4.69, 9.17) is 21.1 Å². The third kappa shape index (κ3) is 7.44. The Kier molecular flexibility index (Phi) is 9.02. The van der Waals surface area contributed by atoms with Gasteiger partial charge in [0, 0.05) is 29.2 Å². The Morgan fingerprint density at radius 3 is 2.59 bits per heavy atom. The number of benzene rings is 2. The number of ether oxygens (including phenoxy) is 2. The summed E-state index contributed by atoms with van der Waals surface area (Å²) in [6.45, 7) is 2.54. The number of amides is 2. The van der Waals surface area contributed by atoms with Crippen molar-refractivity contribution in [1.29, 1.82) is 0 Å². The first-order valence-corrected chi connectivity index (χ1v) is 10.1. The number of rotatable bonds is 9. The largest absolute Gasteiger partial charge is 0.493 e. The molecule has 0 saturated carbocycles. The average molecular weight is 482 g/mol. The summed E-state index contributed by atoms with van der Waals surface area (Å²) < 4.78 is 11.7. The molecule has 0 aromatic heterocycles. The van der Waals surface area contributed by atoms with Crippen LogP contribution >= 0.6 is 27.5 Å². The lowest BCUT2D eigenvalue weighted by Crippen LogP contribution is -2.26. The van der Waals surface area contributed by atoms with Crippen molar-refractivity contribution < 1.29 is 19.1 Å². The van der Waals surface area contributed by atoms with Crippen LogP contribution in [-0.4, -0.2) is 32.1 Å². The summed E-state index contributed by atoms with van der Waals surface area (Å²) in [5.41, 5.74) is 1.39. The molecule has 8 heteroatoms. The number of methoxy groups -OCH3 is 1. The molecular formula is C21H22BrClN2O4. The van der Waals surface area contributed by atoms with E-state index in [1.807, 2.05) is 19.1 Å². The van der Waals surface area contributed by atoms with Gasteiger partial charge in [0.2, 0.25) is 11.8 Å². The van der Waals surface area contributed by atoms with Crippen LogP contribution in [0.4, 0.5) is 5.69 Å². The van der Waals surface area contributed by atoms with E-state index in [9.17, 15) is 9.59 Å². The lowest BCUT2D eigenvalue weighted by atomic mass is 10.2. The Hall–Kier alpha value is -2.51. The number of anilines is 1. The lowest BCUT2D eigenvalue weighted by Gasteiger charge is -2.11. The van der Waals surface area contributed by atoms with Crippen LogP contribution in [-0.2, 0) is 9.59 Å². The van der Waals surface area contributed by atoms with E-state index in [1.54, 1.807) is 30.3 Å². The second-order valence-corrected chi connectivity index (χ2v) is 7.22. The van der Waals surface area contributed by atoms with Crippen LogP contribution in [0.25, 0.3) is 6.08 Å². The van der Waals surface area contributed by atoms with Crippen molar-refractivity contribution in [1.82, 2.24) is 5.32 Å². The second kappa shape index (κ2) is 11.5. The Balaban J connectivity index is 1.84. The minimum atomic E-state index is -0.314. The maximum Gasteiger partial charge on any atom is 0.244 e. The quantitative estimate of drug-likeness (QED) is 0.510. The summed E-state index contributed by atoms with van der Waals surface area (Å²) in [7, 11) is 1.52. The minimum Gasteiger partial charge on any atom is -0.493 e. The van der Waals surface area contributed by atoms with Crippen molar-refractivity contribution in [3.8, 4) is 11.5 Å². The average Bonchev–Trinajstić information content (AvgIpc) is 2.70. The molecule has 0 bridgehead atoms. The monoisotopic (exact) mass is 480 g/mol. The van der Waals surface area contributed by atoms with Gasteiger partial charge in [0.1, 0.15) is 0 Å². The lowest BCUT2D eigenvalue weighted by molar-refractivity contribution is -0.117. The van der Waals surface area contributed by atoms with Crippen LogP contribution in [0.15, 0.2) is 46.9 Å². The SMILES string of the molecule is CCOc1c(Cl)cc(/C=C/C(=O)NCCC(=O)Nc2ccc(Br)cc2)cc1OC. The van der Waals surface area contributed by atoms with Crippen LogP contribution in [0.5, 0.6) is 11.5 Å². The van der Waals surface area contributed by atoms with Crippen molar-refractivity contribution in [3.63, 3.8) is 0 Å². The number of nitrogens with one attached hydrogen (secondary N) is 2. The highest BCUT2D eigenvalue weighted by Crippen LogP contribution is 2.36. The number of hydrogen-bond acceptors (Lipinski definition) is 4. The summed E-state index contributed by atoms with van der Waals surface area (Å²) in [5.74, 6) is 0.462. The predicted octanol–water partition coefficient (Wildman–Crippen LogP) is 4.67. The molecule has 0 aliphatic carbocycles. The molecule has 2 aromatic rings. The van der Waals surface area contributed by atoms with Gasteiger partial charge in [-0.1, -0.05) is 27.5 Å². The predicted molar refractivity (Wildman–Crippen MR) is 119 cm³/mol. The third-order valence-electron chi connectivity index (χ3n) is 3.75. The van der Waals surface area contributed by atoms with Crippen LogP contribution in [0.3, 0.4) is 0 Å². The van der Waals surface area contributed by atoms with Gasteiger partial charge in [-0.15, -0.1) is 0 Å².